The van der Waals surface area contributed by atoms with Crippen LogP contribution in [0.5, 0.6) is 0 Å². The van der Waals surface area contributed by atoms with Crippen molar-refractivity contribution in [3.05, 3.63) is 114 Å². The highest BCUT2D eigenvalue weighted by molar-refractivity contribution is 8.08. The molecule has 2 aromatic carbocycles. The van der Waals surface area contributed by atoms with Crippen LogP contribution in [0.15, 0.2) is 82.6 Å². The molecule has 0 radical (unpaired) electrons. The summed E-state index contributed by atoms with van der Waals surface area (Å²) in [5.74, 6) is 0.366. The highest BCUT2D eigenvalue weighted by Crippen LogP contribution is 2.42. The first-order valence-electron chi connectivity index (χ1n) is 12.5. The average Bonchev–Trinajstić information content (AvgIpc) is 3.08. The van der Waals surface area contributed by atoms with E-state index in [0.717, 1.165) is 45.7 Å². The van der Waals surface area contributed by atoms with Gasteiger partial charge in [0.05, 0.1) is 0 Å². The number of nitrogens with zero attached hydrogens (tertiary/aromatic N) is 2. The van der Waals surface area contributed by atoms with E-state index in [0.29, 0.717) is 12.5 Å². The lowest BCUT2D eigenvalue weighted by atomic mass is 9.97. The van der Waals surface area contributed by atoms with Crippen molar-refractivity contribution < 1.29 is 4.57 Å². The molecule has 0 saturated carbocycles. The molecule has 1 aliphatic rings. The standard InChI is InChI=1S/C30H30ClN2OS2/c1-3-22-13-14-23-18-24(31)15-16-26(23)35-28(22)29-30(34)33(4-2)27(36-29)19-25-12-8-9-17-32(25)20-21-10-6-5-7-11-21/h5-12,15-19,22H,3-4,13-14,20H2,1-2H3/q+1. The second kappa shape index (κ2) is 11.2. The Bertz CT molecular complexity index is 1560. The molecule has 0 spiro atoms. The number of rotatable bonds is 5. The number of halogens is 1. The largest absolute Gasteiger partial charge is 0.299 e. The van der Waals surface area contributed by atoms with Gasteiger partial charge in [-0.1, -0.05) is 60.6 Å². The minimum absolute atomic E-state index is 0.123. The van der Waals surface area contributed by atoms with E-state index in [1.165, 1.54) is 20.9 Å². The van der Waals surface area contributed by atoms with Crippen molar-refractivity contribution in [2.24, 2.45) is 5.92 Å². The summed E-state index contributed by atoms with van der Waals surface area (Å²) in [6.45, 7) is 5.71. The van der Waals surface area contributed by atoms with Crippen LogP contribution in [0.1, 0.15) is 43.5 Å². The molecule has 1 aliphatic heterocycles. The Morgan fingerprint density at radius 2 is 1.89 bits per heavy atom. The molecular formula is C30H30ClN2OS2+. The average molecular weight is 534 g/mol. The van der Waals surface area contributed by atoms with Gasteiger partial charge in [0.2, 0.25) is 5.69 Å². The van der Waals surface area contributed by atoms with Crippen LogP contribution in [0.3, 0.4) is 0 Å². The minimum atomic E-state index is 0.123. The molecule has 0 bridgehead atoms. The van der Waals surface area contributed by atoms with Gasteiger partial charge in [0.1, 0.15) is 9.20 Å². The third kappa shape index (κ3) is 5.24. The highest BCUT2D eigenvalue weighted by atomic mass is 35.5. The fourth-order valence-corrected chi connectivity index (χ4v) is 7.70. The summed E-state index contributed by atoms with van der Waals surface area (Å²) >= 11 is 9.69. The van der Waals surface area contributed by atoms with Crippen LogP contribution in [0, 0.1) is 5.92 Å². The van der Waals surface area contributed by atoms with Crippen molar-refractivity contribution in [1.29, 1.82) is 0 Å². The van der Waals surface area contributed by atoms with E-state index < -0.39 is 0 Å². The smallest absolute Gasteiger partial charge is 0.269 e. The van der Waals surface area contributed by atoms with Gasteiger partial charge in [-0.3, -0.25) is 9.36 Å². The molecule has 0 saturated heterocycles. The van der Waals surface area contributed by atoms with E-state index in [-0.39, 0.29) is 5.56 Å². The first kappa shape index (κ1) is 25.1. The Morgan fingerprint density at radius 1 is 1.08 bits per heavy atom. The van der Waals surface area contributed by atoms with E-state index >= 15 is 0 Å². The molecule has 184 valence electrons. The third-order valence-electron chi connectivity index (χ3n) is 6.76. The molecule has 5 rings (SSSR count). The molecule has 0 N–H and O–H groups in total. The van der Waals surface area contributed by atoms with Gasteiger partial charge in [-0.15, -0.1) is 11.3 Å². The maximum Gasteiger partial charge on any atom is 0.269 e. The predicted octanol–water partition coefficient (Wildman–Crippen LogP) is 5.62. The molecule has 0 aliphatic carbocycles. The van der Waals surface area contributed by atoms with Crippen LogP contribution in [0.25, 0.3) is 11.0 Å². The van der Waals surface area contributed by atoms with Gasteiger partial charge in [0.25, 0.3) is 5.56 Å². The molecule has 6 heteroatoms. The SMILES string of the molecule is CCC1CCc2cc(Cl)ccc2SC1=c1sc(=Cc2cccc[n+]2Cc2ccccc2)n(CC)c1=O. The van der Waals surface area contributed by atoms with Crippen LogP contribution < -0.4 is 19.3 Å². The summed E-state index contributed by atoms with van der Waals surface area (Å²) < 4.78 is 6.04. The fourth-order valence-electron chi connectivity index (χ4n) is 4.79. The van der Waals surface area contributed by atoms with Crippen LogP contribution >= 0.6 is 34.7 Å². The molecule has 3 heterocycles. The Hall–Kier alpha value is -2.60. The van der Waals surface area contributed by atoms with E-state index in [4.69, 9.17) is 11.6 Å². The van der Waals surface area contributed by atoms with Gasteiger partial charge in [-0.05, 0) is 61.9 Å². The van der Waals surface area contributed by atoms with Crippen molar-refractivity contribution >= 4 is 45.7 Å². The van der Waals surface area contributed by atoms with Gasteiger partial charge in [0, 0.05) is 45.1 Å². The summed E-state index contributed by atoms with van der Waals surface area (Å²) in [6, 6.07) is 22.8. The second-order valence-corrected chi connectivity index (χ2v) is 11.6. The van der Waals surface area contributed by atoms with E-state index in [2.05, 4.69) is 85.3 Å². The van der Waals surface area contributed by atoms with Crippen LogP contribution in [0.4, 0.5) is 0 Å². The molecule has 1 atom stereocenters. The summed E-state index contributed by atoms with van der Waals surface area (Å²) in [7, 11) is 0. The zero-order chi connectivity index (χ0) is 25.1. The zero-order valence-electron chi connectivity index (χ0n) is 20.6. The predicted molar refractivity (Wildman–Crippen MR) is 152 cm³/mol. The first-order chi connectivity index (χ1) is 17.6. The van der Waals surface area contributed by atoms with Crippen LogP contribution in [0.2, 0.25) is 5.02 Å². The molecular weight excluding hydrogens is 504 g/mol. The summed E-state index contributed by atoms with van der Waals surface area (Å²) in [4.78, 5) is 16.1. The van der Waals surface area contributed by atoms with E-state index in [1.807, 2.05) is 16.7 Å². The number of aromatic nitrogens is 2. The third-order valence-corrected chi connectivity index (χ3v) is 9.65. The second-order valence-electron chi connectivity index (χ2n) is 9.06. The van der Waals surface area contributed by atoms with E-state index in [1.54, 1.807) is 23.1 Å². The highest BCUT2D eigenvalue weighted by Gasteiger charge is 2.23. The maximum atomic E-state index is 13.7. The van der Waals surface area contributed by atoms with E-state index in [9.17, 15) is 4.79 Å². The molecule has 1 unspecified atom stereocenters. The molecule has 0 amide bonds. The number of fused-ring (bicyclic) bond motifs is 1. The summed E-state index contributed by atoms with van der Waals surface area (Å²) in [6.07, 6.45) is 7.30. The Kier molecular flexibility index (Phi) is 7.80. The van der Waals surface area contributed by atoms with Crippen molar-refractivity contribution in [2.75, 3.05) is 0 Å². The van der Waals surface area contributed by atoms with Crippen LogP contribution in [-0.4, -0.2) is 4.57 Å². The first-order valence-corrected chi connectivity index (χ1v) is 14.5. The number of hydrogen-bond acceptors (Lipinski definition) is 3. The molecule has 4 aromatic rings. The summed E-state index contributed by atoms with van der Waals surface area (Å²) in [5.41, 5.74) is 3.74. The molecule has 36 heavy (non-hydrogen) atoms. The minimum Gasteiger partial charge on any atom is -0.299 e. The Labute approximate surface area is 225 Å². The van der Waals surface area contributed by atoms with Gasteiger partial charge in [-0.25, -0.2) is 0 Å². The van der Waals surface area contributed by atoms with Gasteiger partial charge >= 0.3 is 0 Å². The van der Waals surface area contributed by atoms with Crippen molar-refractivity contribution in [1.82, 2.24) is 4.57 Å². The quantitative estimate of drug-likeness (QED) is 0.311. The normalized spacial score (nSPS) is 17.6. The number of hydrogen-bond donors (Lipinski definition) is 0. The summed E-state index contributed by atoms with van der Waals surface area (Å²) in [5, 5.41) is 0.777. The van der Waals surface area contributed by atoms with Crippen LogP contribution in [-0.2, 0) is 19.5 Å². The molecule has 2 aromatic heterocycles. The fraction of sp³-hybridized carbons (Fsp3) is 0.267. The number of pyridine rings is 1. The van der Waals surface area contributed by atoms with Crippen molar-refractivity contribution in [3.8, 4) is 0 Å². The zero-order valence-corrected chi connectivity index (χ0v) is 23.0. The topological polar surface area (TPSA) is 25.9 Å². The number of thioether (sulfide) groups is 1. The van der Waals surface area contributed by atoms with Gasteiger partial charge < -0.3 is 0 Å². The number of benzene rings is 2. The Balaban J connectivity index is 1.65. The lowest BCUT2D eigenvalue weighted by Crippen LogP contribution is -2.38. The van der Waals surface area contributed by atoms with Gasteiger partial charge in [0.15, 0.2) is 12.7 Å². The van der Waals surface area contributed by atoms with Gasteiger partial charge in [-0.2, -0.15) is 4.57 Å². The number of thiazole rings is 1. The van der Waals surface area contributed by atoms with Crippen molar-refractivity contribution in [3.63, 3.8) is 0 Å². The molecule has 0 fully saturated rings. The monoisotopic (exact) mass is 533 g/mol. The molecule has 3 nitrogen and oxygen atoms in total. The lowest BCUT2D eigenvalue weighted by molar-refractivity contribution is -0.690. The maximum absolute atomic E-state index is 13.7. The Morgan fingerprint density at radius 3 is 2.67 bits per heavy atom. The van der Waals surface area contributed by atoms with Crippen molar-refractivity contribution in [2.45, 2.75) is 51.1 Å². The number of aryl methyl sites for hydroxylation is 1. The lowest BCUT2D eigenvalue weighted by Gasteiger charge is -2.13.